The Balaban J connectivity index is 1.59. The normalized spacial score (nSPS) is 29.1. The third-order valence-corrected chi connectivity index (χ3v) is 21.2. The van der Waals surface area contributed by atoms with Crippen LogP contribution in [0.25, 0.3) is 0 Å². The summed E-state index contributed by atoms with van der Waals surface area (Å²) in [7, 11) is 10.2. The summed E-state index contributed by atoms with van der Waals surface area (Å²) in [5.41, 5.74) is 0. The maximum absolute atomic E-state index is 15.5. The Morgan fingerprint density at radius 1 is 0.468 bits per heavy atom. The quantitative estimate of drug-likeness (QED) is 0.179. The van der Waals surface area contributed by atoms with E-state index in [9.17, 15) is 38.4 Å². The molecule has 0 aromatic carbocycles. The van der Waals surface area contributed by atoms with Gasteiger partial charge in [-0.15, -0.1) is 11.6 Å². The van der Waals surface area contributed by atoms with E-state index in [1.165, 1.54) is 68.8 Å². The van der Waals surface area contributed by atoms with E-state index in [-0.39, 0.29) is 67.1 Å². The van der Waals surface area contributed by atoms with Crippen molar-refractivity contribution in [3.63, 3.8) is 0 Å². The van der Waals surface area contributed by atoms with Gasteiger partial charge in [0, 0.05) is 67.8 Å². The summed E-state index contributed by atoms with van der Waals surface area (Å²) in [6, 6.07) is -9.40. The monoisotopic (exact) mass is 1340 g/mol. The Hall–Kier alpha value is -6.07. The largest absolute Gasteiger partial charge is 0.343 e. The van der Waals surface area contributed by atoms with Crippen LogP contribution in [-0.2, 0) is 57.5 Å². The summed E-state index contributed by atoms with van der Waals surface area (Å²) in [6.45, 7) is 12.1. The lowest BCUT2D eigenvalue weighted by atomic mass is 9.84. The Bertz CT molecular complexity index is 2600. The molecule has 2 saturated heterocycles. The van der Waals surface area contributed by atoms with Gasteiger partial charge in [0.15, 0.2) is 0 Å². The van der Waals surface area contributed by atoms with Gasteiger partial charge >= 0.3 is 0 Å². The average Bonchev–Trinajstić information content (AvgIpc) is 1.47. The lowest BCUT2D eigenvalue weighted by molar-refractivity contribution is -0.151. The molecule has 0 aromatic rings. The van der Waals surface area contributed by atoms with E-state index in [4.69, 9.17) is 11.6 Å². The zero-order chi connectivity index (χ0) is 69.8. The van der Waals surface area contributed by atoms with Crippen molar-refractivity contribution >= 4 is 82.5 Å². The molecule has 94 heavy (non-hydrogen) atoms. The highest BCUT2D eigenvalue weighted by Gasteiger charge is 2.43. The van der Waals surface area contributed by atoms with E-state index in [1.807, 2.05) is 34.6 Å². The van der Waals surface area contributed by atoms with E-state index in [0.717, 1.165) is 78.9 Å². The van der Waals surface area contributed by atoms with Crippen LogP contribution >= 0.6 is 11.6 Å². The molecule has 5 fully saturated rings. The number of alkyl halides is 1. The second-order valence-corrected chi connectivity index (χ2v) is 29.8. The van der Waals surface area contributed by atoms with Gasteiger partial charge in [-0.05, 0) is 113 Å². The first-order valence-corrected chi connectivity index (χ1v) is 35.7. The highest BCUT2D eigenvalue weighted by atomic mass is 35.5. The lowest BCUT2D eigenvalue weighted by Crippen LogP contribution is -2.61. The molecule has 9 atom stereocenters. The Morgan fingerprint density at radius 3 is 1.53 bits per heavy atom. The fraction of sp³-hybridized carbons (Fsp3) is 0.826. The molecular formula is C69H117ClN12O12. The molecule has 532 valence electrons. The van der Waals surface area contributed by atoms with Gasteiger partial charge < -0.3 is 60.5 Å². The maximum Gasteiger partial charge on any atom is 0.245 e. The molecule has 24 nitrogen and oxygen atoms in total. The average molecular weight is 1340 g/mol. The second kappa shape index (κ2) is 37.4. The third kappa shape index (κ3) is 22.8. The molecule has 5 rings (SSSR count). The van der Waals surface area contributed by atoms with E-state index in [1.54, 1.807) is 18.9 Å². The van der Waals surface area contributed by atoms with E-state index in [0.29, 0.717) is 58.0 Å². The summed E-state index contributed by atoms with van der Waals surface area (Å²) >= 11 is 6.52. The first kappa shape index (κ1) is 78.6. The number of nitrogens with zero attached hydrogens (tertiary/aromatic N) is 8. The first-order valence-electron chi connectivity index (χ1n) is 35.2. The molecule has 3 aliphatic carbocycles. The number of likely N-dealkylation sites (N-methyl/N-ethyl adjacent to an activating group) is 7. The first-order chi connectivity index (χ1) is 44.3. The Kier molecular flexibility index (Phi) is 31.3. The molecule has 2 heterocycles. The highest BCUT2D eigenvalue weighted by molar-refractivity contribution is 6.20. The fourth-order valence-electron chi connectivity index (χ4n) is 14.2. The van der Waals surface area contributed by atoms with Crippen LogP contribution in [-0.4, -0.2) is 246 Å². The molecule has 2 aliphatic heterocycles. The molecule has 0 unspecified atom stereocenters. The molecule has 0 radical (unpaired) electrons. The van der Waals surface area contributed by atoms with Crippen molar-refractivity contribution in [1.29, 1.82) is 0 Å². The predicted molar refractivity (Wildman–Crippen MR) is 360 cm³/mol. The summed E-state index contributed by atoms with van der Waals surface area (Å²) in [5.74, 6) is -7.80. The molecule has 4 N–H and O–H groups in total. The van der Waals surface area contributed by atoms with Gasteiger partial charge in [0.05, 0.1) is 26.1 Å². The minimum atomic E-state index is -1.41. The minimum absolute atomic E-state index is 0.00532. The number of rotatable bonds is 13. The molecule has 0 spiro atoms. The van der Waals surface area contributed by atoms with Crippen molar-refractivity contribution in [2.75, 3.05) is 82.1 Å². The number of carbonyl (C=O) groups excluding carboxylic acids is 12. The highest BCUT2D eigenvalue weighted by Crippen LogP contribution is 2.34. The zero-order valence-electron chi connectivity index (χ0n) is 59.3. The molecule has 12 amide bonds. The summed E-state index contributed by atoms with van der Waals surface area (Å²) in [6.07, 6.45) is 14.4. The van der Waals surface area contributed by atoms with E-state index < -0.39 is 151 Å². The minimum Gasteiger partial charge on any atom is -0.343 e. The van der Waals surface area contributed by atoms with Gasteiger partial charge in [0.2, 0.25) is 70.9 Å². The molecule has 5 aliphatic rings. The van der Waals surface area contributed by atoms with Crippen molar-refractivity contribution in [1.82, 2.24) is 60.5 Å². The lowest BCUT2D eigenvalue weighted by Gasteiger charge is -2.39. The van der Waals surface area contributed by atoms with Crippen molar-refractivity contribution in [2.24, 2.45) is 35.5 Å². The predicted octanol–water partition coefficient (Wildman–Crippen LogP) is 4.92. The molecule has 3 saturated carbocycles. The van der Waals surface area contributed by atoms with Gasteiger partial charge in [0.1, 0.15) is 48.3 Å². The van der Waals surface area contributed by atoms with Crippen LogP contribution in [0.3, 0.4) is 0 Å². The summed E-state index contributed by atoms with van der Waals surface area (Å²) in [5, 5.41) is 11.6. The fourth-order valence-corrected chi connectivity index (χ4v) is 14.4. The van der Waals surface area contributed by atoms with Crippen LogP contribution in [0.2, 0.25) is 0 Å². The SMILES string of the molecule is CC[C@H](C)[C@@H]1NC(=O)[C@H](C)N(C)C(=O)C[C@@H](C(=O)N2CCCC2)NC(=O)[C@H](CC(C)C)N(C)C(=O)[C@H](CC2CCCCC2)N(C)C(=O)[C@H](CC(C)C)NC(=O)[C@H](CC2CCCCC2)NC(=O)CN(C)C(=O)[C@H](CC2CCC(Cl)CC2)N(C)C(=O)CN(C)C(=O)CN(C)C1=O. The smallest absolute Gasteiger partial charge is 0.245 e. The second-order valence-electron chi connectivity index (χ2n) is 29.2. The third-order valence-electron chi connectivity index (χ3n) is 20.8. The zero-order valence-corrected chi connectivity index (χ0v) is 60.1. The summed E-state index contributed by atoms with van der Waals surface area (Å²) < 4.78 is 0. The van der Waals surface area contributed by atoms with Gasteiger partial charge in [-0.3, -0.25) is 57.5 Å². The van der Waals surface area contributed by atoms with Crippen LogP contribution in [0.5, 0.6) is 0 Å². The van der Waals surface area contributed by atoms with Crippen LogP contribution < -0.4 is 21.3 Å². The van der Waals surface area contributed by atoms with Crippen molar-refractivity contribution in [2.45, 2.75) is 250 Å². The van der Waals surface area contributed by atoms with Crippen LogP contribution in [0.15, 0.2) is 0 Å². The van der Waals surface area contributed by atoms with E-state index in [2.05, 4.69) is 21.3 Å². The molecule has 0 aromatic heterocycles. The Labute approximate surface area is 565 Å². The number of hydrogen-bond donors (Lipinski definition) is 4. The van der Waals surface area contributed by atoms with Gasteiger partial charge in [-0.25, -0.2) is 0 Å². The standard InChI is InChI=1S/C69H117ClN12O12/c1-15-45(6)61-69(94)77(10)41-59(85)75(8)42-60(86)79(12)55(38-49-28-30-50(70)31-29-49)67(92)76(9)40-57(83)71-51(36-47-24-18-16-19-25-47)63(88)72-52(34-43(2)3)65(90)81(14)56(37-48-26-20-17-21-27-48)68(93)80(13)54(35-44(4)5)64(89)73-53(66(91)82-32-22-23-33-82)39-58(84)78(11)46(7)62(87)74-61/h43-56,61H,15-42H2,1-14H3,(H,71,83)(H,72,88)(H,73,89)(H,74,87)/t45-,46-,49?,50?,51-,52-,53-,54-,55-,56-,61-/m0/s1. The topological polar surface area (TPSA) is 279 Å². The summed E-state index contributed by atoms with van der Waals surface area (Å²) in [4.78, 5) is 186. The Morgan fingerprint density at radius 2 is 0.979 bits per heavy atom. The number of hydrogen-bond acceptors (Lipinski definition) is 12. The van der Waals surface area contributed by atoms with Crippen LogP contribution in [0, 0.1) is 35.5 Å². The number of nitrogens with one attached hydrogen (secondary N) is 4. The number of amides is 12. The molecular weight excluding hydrogens is 1220 g/mol. The van der Waals surface area contributed by atoms with Crippen LogP contribution in [0.1, 0.15) is 196 Å². The number of halogens is 1. The van der Waals surface area contributed by atoms with Gasteiger partial charge in [-0.1, -0.05) is 112 Å². The number of likely N-dealkylation sites (tertiary alicyclic amines) is 1. The van der Waals surface area contributed by atoms with Crippen molar-refractivity contribution in [3.8, 4) is 0 Å². The van der Waals surface area contributed by atoms with E-state index >= 15 is 19.2 Å². The van der Waals surface area contributed by atoms with Gasteiger partial charge in [-0.2, -0.15) is 0 Å². The van der Waals surface area contributed by atoms with Gasteiger partial charge in [0.25, 0.3) is 0 Å². The van der Waals surface area contributed by atoms with Crippen molar-refractivity contribution < 1.29 is 57.5 Å². The van der Waals surface area contributed by atoms with Crippen molar-refractivity contribution in [3.05, 3.63) is 0 Å². The van der Waals surface area contributed by atoms with Crippen LogP contribution in [0.4, 0.5) is 0 Å². The number of carbonyl (C=O) groups is 12. The molecule has 25 heteroatoms. The molecule has 0 bridgehead atoms. The maximum atomic E-state index is 15.5.